The molecule has 1 aliphatic heterocycles. The Balaban J connectivity index is 1.98. The van der Waals surface area contributed by atoms with Gasteiger partial charge in [-0.05, 0) is 25.0 Å². The smallest absolute Gasteiger partial charge is 0.239 e. The van der Waals surface area contributed by atoms with Gasteiger partial charge in [-0.3, -0.25) is 9.59 Å². The maximum atomic E-state index is 12.2. The lowest BCUT2D eigenvalue weighted by molar-refractivity contribution is -0.122. The average molecular weight is 228 g/mol. The van der Waals surface area contributed by atoms with Gasteiger partial charge in [0.25, 0.3) is 0 Å². The summed E-state index contributed by atoms with van der Waals surface area (Å²) in [5, 5.41) is 0. The predicted molar refractivity (Wildman–Crippen MR) is 62.1 cm³/mol. The van der Waals surface area contributed by atoms with Gasteiger partial charge in [-0.2, -0.15) is 0 Å². The fourth-order valence-electron chi connectivity index (χ4n) is 2.51. The van der Waals surface area contributed by atoms with Gasteiger partial charge in [0.1, 0.15) is 5.82 Å². The van der Waals surface area contributed by atoms with E-state index in [4.69, 9.17) is 0 Å². The van der Waals surface area contributed by atoms with Crippen molar-refractivity contribution in [3.05, 3.63) is 36.5 Å². The highest BCUT2D eigenvalue weighted by molar-refractivity contribution is 6.21. The lowest BCUT2D eigenvalue weighted by atomic mass is 9.85. The van der Waals surface area contributed by atoms with E-state index in [0.29, 0.717) is 18.7 Å². The molecular formula is C13H12N2O2. The molecule has 17 heavy (non-hydrogen) atoms. The monoisotopic (exact) mass is 228 g/mol. The van der Waals surface area contributed by atoms with E-state index >= 15 is 0 Å². The first-order valence-corrected chi connectivity index (χ1v) is 5.73. The van der Waals surface area contributed by atoms with Crippen molar-refractivity contribution in [2.45, 2.75) is 12.8 Å². The minimum atomic E-state index is -0.186. The van der Waals surface area contributed by atoms with Crippen molar-refractivity contribution in [2.75, 3.05) is 4.90 Å². The summed E-state index contributed by atoms with van der Waals surface area (Å²) in [6, 6.07) is 5.24. The summed E-state index contributed by atoms with van der Waals surface area (Å²) in [7, 11) is 0. The van der Waals surface area contributed by atoms with Crippen LogP contribution in [0.15, 0.2) is 36.5 Å². The lowest BCUT2D eigenvalue weighted by Gasteiger charge is -2.14. The SMILES string of the molecule is O=C1[C@H]2CC=CC[C@@H]2C(=O)N1c1ccccn1. The van der Waals surface area contributed by atoms with Crippen LogP contribution in [0.4, 0.5) is 5.82 Å². The molecule has 1 fully saturated rings. The predicted octanol–water partition coefficient (Wildman–Crippen LogP) is 1.54. The van der Waals surface area contributed by atoms with E-state index in [-0.39, 0.29) is 23.7 Å². The molecule has 2 amide bonds. The molecule has 2 atom stereocenters. The first-order valence-electron chi connectivity index (χ1n) is 5.73. The van der Waals surface area contributed by atoms with E-state index in [0.717, 1.165) is 0 Å². The van der Waals surface area contributed by atoms with Crippen molar-refractivity contribution in [3.63, 3.8) is 0 Å². The minimum Gasteiger partial charge on any atom is -0.274 e. The molecule has 3 rings (SSSR count). The first kappa shape index (κ1) is 10.2. The van der Waals surface area contributed by atoms with Crippen molar-refractivity contribution in [1.29, 1.82) is 0 Å². The molecule has 0 saturated carbocycles. The Labute approximate surface area is 99.0 Å². The van der Waals surface area contributed by atoms with Crippen molar-refractivity contribution >= 4 is 17.6 Å². The molecule has 86 valence electrons. The van der Waals surface area contributed by atoms with Crippen LogP contribution in [-0.2, 0) is 9.59 Å². The van der Waals surface area contributed by atoms with E-state index in [1.54, 1.807) is 24.4 Å². The summed E-state index contributed by atoms with van der Waals surface area (Å²) in [4.78, 5) is 29.7. The van der Waals surface area contributed by atoms with E-state index in [9.17, 15) is 9.59 Å². The van der Waals surface area contributed by atoms with Crippen LogP contribution < -0.4 is 4.90 Å². The van der Waals surface area contributed by atoms with Gasteiger partial charge in [0.2, 0.25) is 11.8 Å². The Morgan fingerprint density at radius 2 is 1.71 bits per heavy atom. The molecule has 4 nitrogen and oxygen atoms in total. The number of hydrogen-bond donors (Lipinski definition) is 0. The van der Waals surface area contributed by atoms with Gasteiger partial charge in [0.05, 0.1) is 11.8 Å². The van der Waals surface area contributed by atoms with E-state index < -0.39 is 0 Å². The van der Waals surface area contributed by atoms with Crippen LogP contribution in [0.5, 0.6) is 0 Å². The third kappa shape index (κ3) is 1.48. The van der Waals surface area contributed by atoms with Gasteiger partial charge in [0, 0.05) is 6.20 Å². The fourth-order valence-corrected chi connectivity index (χ4v) is 2.51. The Hall–Kier alpha value is -1.97. The molecule has 0 N–H and O–H groups in total. The third-order valence-electron chi connectivity index (χ3n) is 3.39. The minimum absolute atomic E-state index is 0.108. The molecule has 0 radical (unpaired) electrons. The number of fused-ring (bicyclic) bond motifs is 1. The number of rotatable bonds is 1. The molecule has 2 heterocycles. The summed E-state index contributed by atoms with van der Waals surface area (Å²) in [6.07, 6.45) is 6.88. The number of imide groups is 1. The van der Waals surface area contributed by atoms with E-state index in [1.807, 2.05) is 12.2 Å². The summed E-state index contributed by atoms with van der Waals surface area (Å²) in [6.45, 7) is 0. The first-order chi connectivity index (χ1) is 8.29. The van der Waals surface area contributed by atoms with Gasteiger partial charge < -0.3 is 0 Å². The summed E-state index contributed by atoms with van der Waals surface area (Å²) < 4.78 is 0. The highest BCUT2D eigenvalue weighted by Gasteiger charge is 2.48. The Morgan fingerprint density at radius 3 is 2.24 bits per heavy atom. The van der Waals surface area contributed by atoms with Gasteiger partial charge in [-0.15, -0.1) is 0 Å². The average Bonchev–Trinajstić information content (AvgIpc) is 2.64. The summed E-state index contributed by atoms with van der Waals surface area (Å²) >= 11 is 0. The highest BCUT2D eigenvalue weighted by Crippen LogP contribution is 2.36. The Morgan fingerprint density at radius 1 is 1.06 bits per heavy atom. The molecule has 1 saturated heterocycles. The van der Waals surface area contributed by atoms with Gasteiger partial charge in [0.15, 0.2) is 0 Å². The third-order valence-corrected chi connectivity index (χ3v) is 3.39. The summed E-state index contributed by atoms with van der Waals surface area (Å²) in [5.74, 6) is -0.146. The van der Waals surface area contributed by atoms with Crippen LogP contribution >= 0.6 is 0 Å². The van der Waals surface area contributed by atoms with Gasteiger partial charge >= 0.3 is 0 Å². The molecule has 1 aromatic rings. The Kier molecular flexibility index (Phi) is 2.28. The van der Waals surface area contributed by atoms with Crippen LogP contribution in [0.1, 0.15) is 12.8 Å². The molecule has 1 aromatic heterocycles. The maximum absolute atomic E-state index is 12.2. The fraction of sp³-hybridized carbons (Fsp3) is 0.308. The Bertz CT molecular complexity index is 469. The maximum Gasteiger partial charge on any atom is 0.239 e. The second-order valence-electron chi connectivity index (χ2n) is 4.36. The molecule has 2 aliphatic rings. The molecule has 0 unspecified atom stereocenters. The van der Waals surface area contributed by atoms with Crippen LogP contribution in [-0.4, -0.2) is 16.8 Å². The number of aromatic nitrogens is 1. The number of nitrogens with zero attached hydrogens (tertiary/aromatic N) is 2. The van der Waals surface area contributed by atoms with Crippen molar-refractivity contribution in [1.82, 2.24) is 4.98 Å². The molecule has 4 heteroatoms. The number of anilines is 1. The van der Waals surface area contributed by atoms with Crippen molar-refractivity contribution in [3.8, 4) is 0 Å². The van der Waals surface area contributed by atoms with Crippen LogP contribution in [0.2, 0.25) is 0 Å². The van der Waals surface area contributed by atoms with Crippen LogP contribution in [0, 0.1) is 11.8 Å². The number of hydrogen-bond acceptors (Lipinski definition) is 3. The second kappa shape index (κ2) is 3.80. The quantitative estimate of drug-likeness (QED) is 0.541. The van der Waals surface area contributed by atoms with E-state index in [1.165, 1.54) is 4.90 Å². The molecule has 0 bridgehead atoms. The van der Waals surface area contributed by atoms with Gasteiger partial charge in [-0.25, -0.2) is 9.88 Å². The number of carbonyl (C=O) groups is 2. The normalized spacial score (nSPS) is 27.4. The van der Waals surface area contributed by atoms with E-state index in [2.05, 4.69) is 4.98 Å². The molecule has 0 spiro atoms. The lowest BCUT2D eigenvalue weighted by Crippen LogP contribution is -2.31. The number of amides is 2. The highest BCUT2D eigenvalue weighted by atomic mass is 16.2. The van der Waals surface area contributed by atoms with Crippen LogP contribution in [0.3, 0.4) is 0 Å². The molecule has 1 aliphatic carbocycles. The van der Waals surface area contributed by atoms with Gasteiger partial charge in [-0.1, -0.05) is 18.2 Å². The van der Waals surface area contributed by atoms with Crippen molar-refractivity contribution < 1.29 is 9.59 Å². The van der Waals surface area contributed by atoms with Crippen LogP contribution in [0.25, 0.3) is 0 Å². The molecule has 0 aromatic carbocycles. The summed E-state index contributed by atoms with van der Waals surface area (Å²) in [5.41, 5.74) is 0. The van der Waals surface area contributed by atoms with Crippen molar-refractivity contribution in [2.24, 2.45) is 11.8 Å². The second-order valence-corrected chi connectivity index (χ2v) is 4.36. The number of carbonyl (C=O) groups excluding carboxylic acids is 2. The molecular weight excluding hydrogens is 216 g/mol. The number of allylic oxidation sites excluding steroid dienone is 2. The zero-order valence-corrected chi connectivity index (χ0v) is 9.24. The largest absolute Gasteiger partial charge is 0.274 e. The zero-order valence-electron chi connectivity index (χ0n) is 9.24. The topological polar surface area (TPSA) is 50.3 Å². The standard InChI is InChI=1S/C13H12N2O2/c16-12-9-5-1-2-6-10(9)13(17)15(12)11-7-3-4-8-14-11/h1-4,7-10H,5-6H2/t9-,10-/m0/s1. The number of pyridine rings is 1. The zero-order chi connectivity index (χ0) is 11.8.